The maximum absolute atomic E-state index is 9.18. The van der Waals surface area contributed by atoms with E-state index >= 15 is 0 Å². The third-order valence-electron chi connectivity index (χ3n) is 3.60. The van der Waals surface area contributed by atoms with Gasteiger partial charge in [-0.15, -0.1) is 10.2 Å². The molecule has 118 valence electrons. The van der Waals surface area contributed by atoms with Crippen LogP contribution in [-0.4, -0.2) is 15.3 Å². The van der Waals surface area contributed by atoms with Gasteiger partial charge in [-0.1, -0.05) is 36.4 Å². The van der Waals surface area contributed by atoms with E-state index in [-0.39, 0.29) is 6.61 Å². The van der Waals surface area contributed by atoms with Crippen molar-refractivity contribution >= 4 is 12.2 Å². The molecule has 24 heavy (non-hydrogen) atoms. The van der Waals surface area contributed by atoms with Gasteiger partial charge in [0.25, 0.3) is 5.88 Å². The maximum atomic E-state index is 9.18. The van der Waals surface area contributed by atoms with Crippen LogP contribution in [0.3, 0.4) is 0 Å². The Bertz CT molecular complexity index is 922. The second-order valence-corrected chi connectivity index (χ2v) is 5.33. The lowest BCUT2D eigenvalue weighted by Crippen LogP contribution is -2.02. The largest absolute Gasteiger partial charge is 0.448 e. The number of aromatic nitrogens is 2. The normalized spacial score (nSPS) is 12.2. The lowest BCUT2D eigenvalue weighted by atomic mass is 10.1. The van der Waals surface area contributed by atoms with Gasteiger partial charge in [0, 0.05) is 6.07 Å². The van der Waals surface area contributed by atoms with Gasteiger partial charge in [0.15, 0.2) is 17.2 Å². The first kappa shape index (κ1) is 14.4. The van der Waals surface area contributed by atoms with Gasteiger partial charge >= 0.3 is 0 Å². The van der Waals surface area contributed by atoms with Crippen LogP contribution < -0.4 is 9.47 Å². The number of hydrogen-bond acceptors (Lipinski definition) is 5. The molecule has 5 heteroatoms. The van der Waals surface area contributed by atoms with E-state index in [1.165, 1.54) is 0 Å². The fourth-order valence-electron chi connectivity index (χ4n) is 2.42. The first-order valence-corrected chi connectivity index (χ1v) is 7.52. The van der Waals surface area contributed by atoms with E-state index in [4.69, 9.17) is 9.47 Å². The van der Waals surface area contributed by atoms with Crippen LogP contribution in [-0.2, 0) is 6.61 Å². The molecule has 2 heterocycles. The highest BCUT2D eigenvalue weighted by atomic mass is 16.6. The molecule has 0 atom stereocenters. The second-order valence-electron chi connectivity index (χ2n) is 5.33. The summed E-state index contributed by atoms with van der Waals surface area (Å²) in [6.07, 6.45) is 3.75. The molecule has 4 rings (SSSR count). The summed E-state index contributed by atoms with van der Waals surface area (Å²) in [4.78, 5) is 0. The smallest absolute Gasteiger partial charge is 0.282 e. The van der Waals surface area contributed by atoms with Crippen molar-refractivity contribution in [2.24, 2.45) is 0 Å². The van der Waals surface area contributed by atoms with Crippen LogP contribution in [0.5, 0.6) is 23.1 Å². The zero-order chi connectivity index (χ0) is 16.4. The average Bonchev–Trinajstić information content (AvgIpc) is 2.64. The molecule has 1 aliphatic heterocycles. The molecule has 1 N–H and O–H groups in total. The predicted octanol–water partition coefficient (Wildman–Crippen LogP) is 4.04. The number of aliphatic hydroxyl groups is 1. The number of ether oxygens (including phenoxy) is 2. The average molecular weight is 318 g/mol. The van der Waals surface area contributed by atoms with Crippen LogP contribution in [0.2, 0.25) is 0 Å². The van der Waals surface area contributed by atoms with Gasteiger partial charge in [0.05, 0.1) is 12.3 Å². The summed E-state index contributed by atoms with van der Waals surface area (Å²) in [5.41, 5.74) is 2.50. The topological polar surface area (TPSA) is 64.5 Å². The Hall–Kier alpha value is -3.18. The summed E-state index contributed by atoms with van der Waals surface area (Å²) < 4.78 is 11.5. The lowest BCUT2D eigenvalue weighted by Gasteiger charge is -2.18. The highest BCUT2D eigenvalue weighted by Crippen LogP contribution is 2.43. The van der Waals surface area contributed by atoms with Crippen LogP contribution >= 0.6 is 0 Å². The molecule has 1 aliphatic rings. The minimum atomic E-state index is 0.0188. The van der Waals surface area contributed by atoms with Crippen LogP contribution in [0.15, 0.2) is 54.6 Å². The molecule has 3 aromatic rings. The number of nitrogens with zero attached hydrogens (tertiary/aromatic N) is 2. The highest BCUT2D eigenvalue weighted by Gasteiger charge is 2.20. The van der Waals surface area contributed by atoms with Gasteiger partial charge in [0.2, 0.25) is 0 Å². The quantitative estimate of drug-likeness (QED) is 0.617. The molecule has 5 nitrogen and oxygen atoms in total. The molecular formula is C19H14N2O3. The molecule has 0 unspecified atom stereocenters. The molecule has 0 aliphatic carbocycles. The zero-order valence-corrected chi connectivity index (χ0v) is 12.7. The monoisotopic (exact) mass is 318 g/mol. The minimum absolute atomic E-state index is 0.0188. The van der Waals surface area contributed by atoms with Crippen molar-refractivity contribution in [3.05, 3.63) is 71.4 Å². The summed E-state index contributed by atoms with van der Waals surface area (Å²) in [6, 6.07) is 16.8. The van der Waals surface area contributed by atoms with E-state index in [1.54, 1.807) is 6.07 Å². The molecule has 0 saturated carbocycles. The lowest BCUT2D eigenvalue weighted by molar-refractivity contribution is 0.282. The number of aliphatic hydroxyl groups excluding tert-OH is 1. The van der Waals surface area contributed by atoms with E-state index < -0.39 is 0 Å². The van der Waals surface area contributed by atoms with Gasteiger partial charge in [-0.2, -0.15) is 0 Å². The fourth-order valence-corrected chi connectivity index (χ4v) is 2.42. The van der Waals surface area contributed by atoms with Gasteiger partial charge in [-0.3, -0.25) is 0 Å². The first-order chi connectivity index (χ1) is 11.8. The third-order valence-corrected chi connectivity index (χ3v) is 3.60. The summed E-state index contributed by atoms with van der Waals surface area (Å²) in [6.45, 7) is 0.0188. The molecular weight excluding hydrogens is 304 g/mol. The molecule has 0 spiro atoms. The van der Waals surface area contributed by atoms with Gasteiger partial charge in [0.1, 0.15) is 0 Å². The van der Waals surface area contributed by atoms with Crippen molar-refractivity contribution in [2.75, 3.05) is 0 Å². The molecule has 2 aromatic carbocycles. The van der Waals surface area contributed by atoms with Crippen LogP contribution in [0.25, 0.3) is 12.2 Å². The summed E-state index contributed by atoms with van der Waals surface area (Å²) in [7, 11) is 0. The van der Waals surface area contributed by atoms with E-state index in [2.05, 4.69) is 10.2 Å². The van der Waals surface area contributed by atoms with Gasteiger partial charge in [-0.25, -0.2) is 0 Å². The maximum Gasteiger partial charge on any atom is 0.282 e. The van der Waals surface area contributed by atoms with Crippen LogP contribution in [0.4, 0.5) is 0 Å². The van der Waals surface area contributed by atoms with Gasteiger partial charge in [-0.05, 0) is 35.4 Å². The summed E-state index contributed by atoms with van der Waals surface area (Å²) in [5.74, 6) is 2.17. The van der Waals surface area contributed by atoms with Crippen molar-refractivity contribution in [1.29, 1.82) is 0 Å². The van der Waals surface area contributed by atoms with Crippen LogP contribution in [0.1, 0.15) is 16.8 Å². The van der Waals surface area contributed by atoms with E-state index in [0.29, 0.717) is 28.8 Å². The van der Waals surface area contributed by atoms with Gasteiger partial charge < -0.3 is 14.6 Å². The molecule has 0 amide bonds. The van der Waals surface area contributed by atoms with Crippen molar-refractivity contribution in [1.82, 2.24) is 10.2 Å². The van der Waals surface area contributed by atoms with Crippen molar-refractivity contribution in [3.63, 3.8) is 0 Å². The SMILES string of the molecule is OCc1cccc(/C=C/c2cc3c(nn2)Oc2ccccc2O3)c1. The van der Waals surface area contributed by atoms with Crippen molar-refractivity contribution in [2.45, 2.75) is 6.61 Å². The Morgan fingerprint density at radius 3 is 2.50 bits per heavy atom. The standard InChI is InChI=1S/C19H14N2O3/c22-12-14-5-3-4-13(10-14)8-9-15-11-18-19(21-20-15)24-17-7-2-1-6-16(17)23-18/h1-11,22H,12H2/b9-8+. The van der Waals surface area contributed by atoms with E-state index in [9.17, 15) is 5.11 Å². The number of rotatable bonds is 3. The number of benzene rings is 2. The third kappa shape index (κ3) is 2.85. The Labute approximate surface area is 138 Å². The molecule has 0 fully saturated rings. The van der Waals surface area contributed by atoms with Crippen molar-refractivity contribution in [3.8, 4) is 23.1 Å². The Morgan fingerprint density at radius 1 is 0.833 bits per heavy atom. The fraction of sp³-hybridized carbons (Fsp3) is 0.0526. The molecule has 1 aromatic heterocycles. The van der Waals surface area contributed by atoms with E-state index in [1.807, 2.05) is 60.7 Å². The molecule has 0 radical (unpaired) electrons. The highest BCUT2D eigenvalue weighted by molar-refractivity contribution is 5.69. The predicted molar refractivity (Wildman–Crippen MR) is 89.9 cm³/mol. The molecule has 0 bridgehead atoms. The minimum Gasteiger partial charge on any atom is -0.448 e. The number of fused-ring (bicyclic) bond motifs is 2. The Kier molecular flexibility index (Phi) is 3.69. The zero-order valence-electron chi connectivity index (χ0n) is 12.7. The van der Waals surface area contributed by atoms with E-state index in [0.717, 1.165) is 11.1 Å². The Balaban J connectivity index is 1.59. The number of hydrogen-bond donors (Lipinski definition) is 1. The molecule has 0 saturated heterocycles. The van der Waals surface area contributed by atoms with Crippen LogP contribution in [0, 0.1) is 0 Å². The summed E-state index contributed by atoms with van der Waals surface area (Å²) >= 11 is 0. The van der Waals surface area contributed by atoms with Crippen molar-refractivity contribution < 1.29 is 14.6 Å². The number of para-hydroxylation sites is 2. The first-order valence-electron chi connectivity index (χ1n) is 7.52. The second kappa shape index (κ2) is 6.14. The summed E-state index contributed by atoms with van der Waals surface area (Å²) in [5, 5.41) is 17.4. The Morgan fingerprint density at radius 2 is 1.67 bits per heavy atom.